The van der Waals surface area contributed by atoms with Gasteiger partial charge in [-0.2, -0.15) is 0 Å². The molecule has 0 spiro atoms. The van der Waals surface area contributed by atoms with Crippen molar-refractivity contribution in [3.63, 3.8) is 0 Å². The van der Waals surface area contributed by atoms with E-state index < -0.39 is 28.5 Å². The standard InChI is InChI=1S/C21H24N2O6S/c1-4-13-22-20(24)14-29-21(25)15-28-18-9-7-17(8-10-18)23(3)30(26,27)19-11-5-16(2)6-12-19/h4-12H,1,13-15H2,2-3H3,(H,22,24). The second-order valence-electron chi connectivity index (χ2n) is 6.32. The summed E-state index contributed by atoms with van der Waals surface area (Å²) in [4.78, 5) is 23.2. The van der Waals surface area contributed by atoms with E-state index >= 15 is 0 Å². The number of carbonyl (C=O) groups is 2. The maximum Gasteiger partial charge on any atom is 0.344 e. The van der Waals surface area contributed by atoms with Crippen LogP contribution in [0.3, 0.4) is 0 Å². The molecule has 9 heteroatoms. The van der Waals surface area contributed by atoms with Crippen molar-refractivity contribution in [1.29, 1.82) is 0 Å². The van der Waals surface area contributed by atoms with Gasteiger partial charge in [0, 0.05) is 13.6 Å². The number of rotatable bonds is 10. The molecule has 0 aromatic heterocycles. The summed E-state index contributed by atoms with van der Waals surface area (Å²) in [6.45, 7) is 4.84. The van der Waals surface area contributed by atoms with Gasteiger partial charge < -0.3 is 14.8 Å². The maximum atomic E-state index is 12.7. The molecule has 30 heavy (non-hydrogen) atoms. The Morgan fingerprint density at radius 2 is 1.70 bits per heavy atom. The second kappa shape index (κ2) is 10.4. The summed E-state index contributed by atoms with van der Waals surface area (Å²) in [6, 6.07) is 12.8. The highest BCUT2D eigenvalue weighted by Gasteiger charge is 2.21. The minimum absolute atomic E-state index is 0.191. The van der Waals surface area contributed by atoms with E-state index in [-0.39, 0.29) is 18.0 Å². The van der Waals surface area contributed by atoms with Crippen LogP contribution in [0.4, 0.5) is 5.69 Å². The number of carbonyl (C=O) groups excluding carboxylic acids is 2. The fourth-order valence-electron chi connectivity index (χ4n) is 2.33. The molecule has 1 N–H and O–H groups in total. The number of amides is 1. The van der Waals surface area contributed by atoms with Gasteiger partial charge in [-0.1, -0.05) is 23.8 Å². The number of anilines is 1. The summed E-state index contributed by atoms with van der Waals surface area (Å²) in [5.74, 6) is -0.787. The number of sulfonamides is 1. The van der Waals surface area contributed by atoms with Crippen LogP contribution in [0.1, 0.15) is 5.56 Å². The van der Waals surface area contributed by atoms with Gasteiger partial charge in [0.05, 0.1) is 10.6 Å². The number of nitrogens with zero attached hydrogens (tertiary/aromatic N) is 1. The van der Waals surface area contributed by atoms with Crippen molar-refractivity contribution >= 4 is 27.6 Å². The first-order valence-corrected chi connectivity index (χ1v) is 10.5. The van der Waals surface area contributed by atoms with Crippen molar-refractivity contribution < 1.29 is 27.5 Å². The number of esters is 1. The normalized spacial score (nSPS) is 10.7. The van der Waals surface area contributed by atoms with Crippen LogP contribution >= 0.6 is 0 Å². The average Bonchev–Trinajstić information content (AvgIpc) is 2.74. The molecule has 0 aliphatic heterocycles. The third-order valence-corrected chi connectivity index (χ3v) is 5.84. The molecule has 0 radical (unpaired) electrons. The number of hydrogen-bond acceptors (Lipinski definition) is 6. The monoisotopic (exact) mass is 432 g/mol. The molecule has 2 rings (SSSR count). The Balaban J connectivity index is 1.91. The maximum absolute atomic E-state index is 12.7. The molecule has 0 fully saturated rings. The second-order valence-corrected chi connectivity index (χ2v) is 8.29. The van der Waals surface area contributed by atoms with E-state index in [1.165, 1.54) is 13.1 Å². The molecule has 0 unspecified atom stereocenters. The third-order valence-electron chi connectivity index (χ3n) is 4.04. The summed E-state index contributed by atoms with van der Waals surface area (Å²) in [6.07, 6.45) is 1.51. The van der Waals surface area contributed by atoms with Gasteiger partial charge in [0.25, 0.3) is 15.9 Å². The van der Waals surface area contributed by atoms with Crippen molar-refractivity contribution in [2.24, 2.45) is 0 Å². The van der Waals surface area contributed by atoms with Crippen molar-refractivity contribution in [1.82, 2.24) is 5.32 Å². The summed E-state index contributed by atoms with van der Waals surface area (Å²) in [7, 11) is -2.24. The van der Waals surface area contributed by atoms with Gasteiger partial charge in [-0.05, 0) is 43.3 Å². The largest absolute Gasteiger partial charge is 0.482 e. The van der Waals surface area contributed by atoms with E-state index in [9.17, 15) is 18.0 Å². The van der Waals surface area contributed by atoms with E-state index in [4.69, 9.17) is 9.47 Å². The van der Waals surface area contributed by atoms with Gasteiger partial charge in [-0.15, -0.1) is 6.58 Å². The van der Waals surface area contributed by atoms with E-state index in [1.807, 2.05) is 6.92 Å². The lowest BCUT2D eigenvalue weighted by Crippen LogP contribution is -2.29. The van der Waals surface area contributed by atoms with E-state index in [0.717, 1.165) is 9.87 Å². The van der Waals surface area contributed by atoms with E-state index in [2.05, 4.69) is 11.9 Å². The zero-order valence-corrected chi connectivity index (χ0v) is 17.6. The summed E-state index contributed by atoms with van der Waals surface area (Å²) in [5.41, 5.74) is 1.40. The molecule has 8 nitrogen and oxygen atoms in total. The molecule has 0 saturated heterocycles. The van der Waals surface area contributed by atoms with Gasteiger partial charge >= 0.3 is 5.97 Å². The van der Waals surface area contributed by atoms with Crippen LogP contribution in [-0.4, -0.2) is 47.1 Å². The lowest BCUT2D eigenvalue weighted by Gasteiger charge is -2.20. The zero-order valence-electron chi connectivity index (χ0n) is 16.8. The predicted molar refractivity (Wildman–Crippen MR) is 113 cm³/mol. The van der Waals surface area contributed by atoms with Crippen molar-refractivity contribution in [3.8, 4) is 5.75 Å². The first-order chi connectivity index (χ1) is 14.2. The molecule has 2 aromatic carbocycles. The number of nitrogens with one attached hydrogen (secondary N) is 1. The van der Waals surface area contributed by atoms with Gasteiger partial charge in [-0.3, -0.25) is 9.10 Å². The Kier molecular flexibility index (Phi) is 7.99. The van der Waals surface area contributed by atoms with Gasteiger partial charge in [0.2, 0.25) is 0 Å². The van der Waals surface area contributed by atoms with Crippen molar-refractivity contribution in [3.05, 3.63) is 66.7 Å². The van der Waals surface area contributed by atoms with Crippen molar-refractivity contribution in [2.75, 3.05) is 31.1 Å². The fourth-order valence-corrected chi connectivity index (χ4v) is 3.52. The zero-order chi connectivity index (χ0) is 22.1. The molecule has 0 aliphatic carbocycles. The Labute approximate surface area is 176 Å². The smallest absolute Gasteiger partial charge is 0.344 e. The molecular weight excluding hydrogens is 408 g/mol. The Morgan fingerprint density at radius 3 is 2.30 bits per heavy atom. The Bertz CT molecular complexity index is 985. The number of benzene rings is 2. The molecule has 0 aliphatic rings. The topological polar surface area (TPSA) is 102 Å². The minimum Gasteiger partial charge on any atom is -0.482 e. The molecule has 0 heterocycles. The minimum atomic E-state index is -3.70. The van der Waals surface area contributed by atoms with Crippen LogP contribution in [0.2, 0.25) is 0 Å². The van der Waals surface area contributed by atoms with E-state index in [1.54, 1.807) is 48.5 Å². The molecule has 0 atom stereocenters. The highest BCUT2D eigenvalue weighted by atomic mass is 32.2. The van der Waals surface area contributed by atoms with Crippen LogP contribution in [0, 0.1) is 6.92 Å². The van der Waals surface area contributed by atoms with Gasteiger partial charge in [0.1, 0.15) is 5.75 Å². The van der Waals surface area contributed by atoms with Crippen LogP contribution in [0.15, 0.2) is 66.1 Å². The SMILES string of the molecule is C=CCNC(=O)COC(=O)COc1ccc(N(C)S(=O)(=O)c2ccc(C)cc2)cc1. The van der Waals surface area contributed by atoms with E-state index in [0.29, 0.717) is 11.4 Å². The number of ether oxygens (including phenoxy) is 2. The van der Waals surface area contributed by atoms with Crippen LogP contribution in [0.25, 0.3) is 0 Å². The lowest BCUT2D eigenvalue weighted by molar-refractivity contribution is -0.150. The molecule has 0 bridgehead atoms. The van der Waals surface area contributed by atoms with Crippen molar-refractivity contribution in [2.45, 2.75) is 11.8 Å². The van der Waals surface area contributed by atoms with Crippen LogP contribution in [-0.2, 0) is 24.3 Å². The molecule has 160 valence electrons. The molecule has 2 aromatic rings. The Hall–Kier alpha value is -3.33. The number of aryl methyl sites for hydroxylation is 1. The summed E-state index contributed by atoms with van der Waals surface area (Å²) < 4.78 is 36.7. The summed E-state index contributed by atoms with van der Waals surface area (Å²) in [5, 5.41) is 2.48. The first-order valence-electron chi connectivity index (χ1n) is 9.05. The van der Waals surface area contributed by atoms with Gasteiger partial charge in [-0.25, -0.2) is 13.2 Å². The third kappa shape index (κ3) is 6.35. The molecule has 0 saturated carbocycles. The lowest BCUT2D eigenvalue weighted by atomic mass is 10.2. The molecule has 1 amide bonds. The highest BCUT2D eigenvalue weighted by molar-refractivity contribution is 7.92. The average molecular weight is 432 g/mol. The summed E-state index contributed by atoms with van der Waals surface area (Å²) >= 11 is 0. The molecular formula is C21H24N2O6S. The van der Waals surface area contributed by atoms with Crippen LogP contribution in [0.5, 0.6) is 5.75 Å². The van der Waals surface area contributed by atoms with Gasteiger partial charge in [0.15, 0.2) is 13.2 Å². The Morgan fingerprint density at radius 1 is 1.07 bits per heavy atom. The first kappa shape index (κ1) is 23.0. The predicted octanol–water partition coefficient (Wildman–Crippen LogP) is 2.04. The number of hydrogen-bond donors (Lipinski definition) is 1. The fraction of sp³-hybridized carbons (Fsp3) is 0.238. The highest BCUT2D eigenvalue weighted by Crippen LogP contribution is 2.24. The van der Waals surface area contributed by atoms with Crippen LogP contribution < -0.4 is 14.4 Å². The quantitative estimate of drug-likeness (QED) is 0.455.